The van der Waals surface area contributed by atoms with E-state index < -0.39 is 48.2 Å². The van der Waals surface area contributed by atoms with Crippen molar-refractivity contribution in [1.82, 2.24) is 21.3 Å². The number of carbonyl (C=O) groups excluding carboxylic acids is 4. The van der Waals surface area contributed by atoms with Gasteiger partial charge in [0.2, 0.25) is 23.6 Å². The van der Waals surface area contributed by atoms with Gasteiger partial charge in [0.25, 0.3) is 0 Å². The molecule has 1 rings (SSSR count). The molecule has 0 aromatic heterocycles. The van der Waals surface area contributed by atoms with Crippen LogP contribution in [0.15, 0.2) is 0 Å². The van der Waals surface area contributed by atoms with E-state index in [1.54, 1.807) is 13.8 Å². The quantitative estimate of drug-likeness (QED) is 0.180. The van der Waals surface area contributed by atoms with Gasteiger partial charge in [-0.1, -0.05) is 13.8 Å². The van der Waals surface area contributed by atoms with E-state index in [9.17, 15) is 24.0 Å². The molecule has 12 heteroatoms. The van der Waals surface area contributed by atoms with Crippen LogP contribution in [0, 0.1) is 5.92 Å². The second-order valence-corrected chi connectivity index (χ2v) is 7.56. The lowest BCUT2D eigenvalue weighted by Gasteiger charge is -2.26. The molecule has 29 heavy (non-hydrogen) atoms. The van der Waals surface area contributed by atoms with Crippen molar-refractivity contribution in [2.24, 2.45) is 11.7 Å². The Hall–Kier alpha value is -2.34. The second-order valence-electron chi connectivity index (χ2n) is 7.19. The Morgan fingerprint density at radius 2 is 1.72 bits per heavy atom. The number of aliphatic carboxylic acids is 1. The van der Waals surface area contributed by atoms with Gasteiger partial charge in [0.05, 0.1) is 12.5 Å². The van der Waals surface area contributed by atoms with Gasteiger partial charge in [-0.25, -0.2) is 4.79 Å². The summed E-state index contributed by atoms with van der Waals surface area (Å²) in [7, 11) is 0. The molecule has 0 aromatic carbocycles. The third kappa shape index (κ3) is 7.89. The summed E-state index contributed by atoms with van der Waals surface area (Å²) in [6.45, 7) is 4.15. The number of nitrogens with one attached hydrogen (secondary N) is 4. The highest BCUT2D eigenvalue weighted by Crippen LogP contribution is 2.08. The van der Waals surface area contributed by atoms with E-state index >= 15 is 0 Å². The molecular weight excluding hydrogens is 402 g/mol. The molecule has 0 aromatic rings. The van der Waals surface area contributed by atoms with Crippen molar-refractivity contribution in [1.29, 1.82) is 0 Å². The average Bonchev–Trinajstić information content (AvgIpc) is 3.16. The summed E-state index contributed by atoms with van der Waals surface area (Å²) in [5, 5.41) is 19.3. The van der Waals surface area contributed by atoms with E-state index in [1.165, 1.54) is 0 Å². The van der Waals surface area contributed by atoms with Crippen molar-refractivity contribution in [3.63, 3.8) is 0 Å². The minimum absolute atomic E-state index is 0.183. The lowest BCUT2D eigenvalue weighted by molar-refractivity contribution is -0.141. The van der Waals surface area contributed by atoms with E-state index in [2.05, 4.69) is 33.9 Å². The van der Waals surface area contributed by atoms with Crippen LogP contribution in [-0.4, -0.2) is 71.2 Å². The number of amides is 4. The normalized spacial score (nSPS) is 19.1. The number of hydrogen-bond donors (Lipinski definition) is 7. The number of thiol groups is 1. The predicted octanol–water partition coefficient (Wildman–Crippen LogP) is -2.26. The highest BCUT2D eigenvalue weighted by molar-refractivity contribution is 7.80. The van der Waals surface area contributed by atoms with Crippen LogP contribution < -0.4 is 27.0 Å². The molecule has 4 atom stereocenters. The van der Waals surface area contributed by atoms with Gasteiger partial charge >= 0.3 is 5.97 Å². The smallest absolute Gasteiger partial charge is 0.327 e. The summed E-state index contributed by atoms with van der Waals surface area (Å²) < 4.78 is 0. The topological polar surface area (TPSA) is 180 Å². The molecule has 0 bridgehead atoms. The fraction of sp³-hybridized carbons (Fsp3) is 0.706. The van der Waals surface area contributed by atoms with Gasteiger partial charge in [0, 0.05) is 5.75 Å². The van der Waals surface area contributed by atoms with Crippen molar-refractivity contribution in [2.75, 3.05) is 12.3 Å². The van der Waals surface area contributed by atoms with Gasteiger partial charge in [0.1, 0.15) is 18.1 Å². The van der Waals surface area contributed by atoms with Gasteiger partial charge in [-0.2, -0.15) is 12.6 Å². The zero-order valence-corrected chi connectivity index (χ0v) is 17.3. The SMILES string of the molecule is CC(C)C(NC(=O)C1CCCN1)C(=O)NC(CC(N)=O)C(=O)NC(CS)C(=O)O. The number of carboxylic acid groups (broad SMARTS) is 1. The van der Waals surface area contributed by atoms with E-state index in [-0.39, 0.29) is 23.6 Å². The minimum Gasteiger partial charge on any atom is -0.480 e. The number of rotatable bonds is 11. The molecule has 4 amide bonds. The maximum absolute atomic E-state index is 12.7. The van der Waals surface area contributed by atoms with Crippen molar-refractivity contribution in [3.05, 3.63) is 0 Å². The van der Waals surface area contributed by atoms with E-state index in [0.717, 1.165) is 6.42 Å². The lowest BCUT2D eigenvalue weighted by Crippen LogP contribution is -2.59. The van der Waals surface area contributed by atoms with Crippen LogP contribution in [0.3, 0.4) is 0 Å². The van der Waals surface area contributed by atoms with Crippen molar-refractivity contribution >= 4 is 42.2 Å². The number of carboxylic acids is 1. The Kier molecular flexibility index (Phi) is 9.89. The zero-order chi connectivity index (χ0) is 22.1. The van der Waals surface area contributed by atoms with Crippen LogP contribution in [0.4, 0.5) is 0 Å². The highest BCUT2D eigenvalue weighted by atomic mass is 32.1. The Morgan fingerprint density at radius 3 is 2.17 bits per heavy atom. The van der Waals surface area contributed by atoms with Crippen molar-refractivity contribution < 1.29 is 29.1 Å². The summed E-state index contributed by atoms with van der Waals surface area (Å²) in [6, 6.07) is -4.02. The molecule has 1 saturated heterocycles. The molecule has 4 unspecified atom stereocenters. The Bertz CT molecular complexity index is 638. The second kappa shape index (κ2) is 11.6. The molecule has 0 aliphatic carbocycles. The van der Waals surface area contributed by atoms with Gasteiger partial charge in [-0.05, 0) is 25.3 Å². The molecule has 1 fully saturated rings. The molecule has 1 aliphatic heterocycles. The van der Waals surface area contributed by atoms with Crippen LogP contribution in [0.2, 0.25) is 0 Å². The molecule has 0 radical (unpaired) electrons. The first-order chi connectivity index (χ1) is 13.6. The Labute approximate surface area is 174 Å². The molecule has 0 saturated carbocycles. The lowest BCUT2D eigenvalue weighted by atomic mass is 10.0. The van der Waals surface area contributed by atoms with Crippen molar-refractivity contribution in [2.45, 2.75) is 57.3 Å². The first kappa shape index (κ1) is 24.7. The number of carbonyl (C=O) groups is 5. The van der Waals surface area contributed by atoms with Gasteiger partial charge in [-0.15, -0.1) is 0 Å². The fourth-order valence-electron chi connectivity index (χ4n) is 2.83. The maximum Gasteiger partial charge on any atom is 0.327 e. The first-order valence-electron chi connectivity index (χ1n) is 9.33. The fourth-order valence-corrected chi connectivity index (χ4v) is 3.07. The van der Waals surface area contributed by atoms with Gasteiger partial charge in [-0.3, -0.25) is 19.2 Å². The standard InChI is InChI=1S/C17H29N5O6S/c1-8(2)13(22-14(24)9-4-3-5-19-9)16(26)20-10(6-12(18)23)15(25)21-11(7-29)17(27)28/h8-11,13,19,29H,3-7H2,1-2H3,(H2,18,23)(H,20,26)(H,21,25)(H,22,24)(H,27,28). The van der Waals surface area contributed by atoms with E-state index in [1.807, 2.05) is 0 Å². The molecule has 11 nitrogen and oxygen atoms in total. The molecule has 7 N–H and O–H groups in total. The summed E-state index contributed by atoms with van der Waals surface area (Å²) in [5.74, 6) is -4.54. The predicted molar refractivity (Wildman–Crippen MR) is 107 cm³/mol. The Morgan fingerprint density at radius 1 is 1.10 bits per heavy atom. The molecular formula is C17H29N5O6S. The molecule has 1 aliphatic rings. The molecule has 1 heterocycles. The van der Waals surface area contributed by atoms with E-state index in [4.69, 9.17) is 10.8 Å². The molecule has 164 valence electrons. The van der Waals surface area contributed by atoms with Crippen LogP contribution in [0.25, 0.3) is 0 Å². The monoisotopic (exact) mass is 431 g/mol. The van der Waals surface area contributed by atoms with Crippen LogP contribution in [-0.2, 0) is 24.0 Å². The number of hydrogen-bond acceptors (Lipinski definition) is 7. The molecule has 0 spiro atoms. The highest BCUT2D eigenvalue weighted by Gasteiger charge is 2.33. The summed E-state index contributed by atoms with van der Waals surface area (Å²) in [4.78, 5) is 59.8. The maximum atomic E-state index is 12.7. The van der Waals surface area contributed by atoms with Gasteiger partial charge in [0.15, 0.2) is 0 Å². The third-order valence-electron chi connectivity index (χ3n) is 4.46. The third-order valence-corrected chi connectivity index (χ3v) is 4.82. The van der Waals surface area contributed by atoms with Crippen molar-refractivity contribution in [3.8, 4) is 0 Å². The van der Waals surface area contributed by atoms with E-state index in [0.29, 0.717) is 13.0 Å². The largest absolute Gasteiger partial charge is 0.480 e. The minimum atomic E-state index is -1.38. The number of primary amides is 1. The average molecular weight is 432 g/mol. The van der Waals surface area contributed by atoms with Crippen LogP contribution >= 0.6 is 12.6 Å². The van der Waals surface area contributed by atoms with Crippen LogP contribution in [0.1, 0.15) is 33.1 Å². The first-order valence-corrected chi connectivity index (χ1v) is 9.96. The Balaban J connectivity index is 2.86. The summed E-state index contributed by atoms with van der Waals surface area (Å²) >= 11 is 3.85. The van der Waals surface area contributed by atoms with Crippen LogP contribution in [0.5, 0.6) is 0 Å². The van der Waals surface area contributed by atoms with Gasteiger partial charge < -0.3 is 32.1 Å². The summed E-state index contributed by atoms with van der Waals surface area (Å²) in [5.41, 5.74) is 5.15. The number of nitrogens with two attached hydrogens (primary N) is 1. The summed E-state index contributed by atoms with van der Waals surface area (Å²) in [6.07, 6.45) is 0.984. The zero-order valence-electron chi connectivity index (χ0n) is 16.4.